The number of amides is 2. The van der Waals surface area contributed by atoms with Gasteiger partial charge in [-0.25, -0.2) is 9.18 Å². The minimum atomic E-state index is -0.513. The Labute approximate surface area is 146 Å². The standard InChI is InChI=1S/C17H14BrFN4O/c1-23-16(13(18)10-20-23)11-5-4-6-12(9-11)21-17(24)22-15-8-3-2-7-14(15)19/h2-10H,1H3,(H2,21,22,24). The quantitative estimate of drug-likeness (QED) is 0.686. The number of aryl methyl sites for hydroxylation is 1. The molecule has 2 aromatic carbocycles. The monoisotopic (exact) mass is 388 g/mol. The lowest BCUT2D eigenvalue weighted by atomic mass is 10.1. The number of carbonyl (C=O) groups is 1. The van der Waals surface area contributed by atoms with Gasteiger partial charge >= 0.3 is 6.03 Å². The fraction of sp³-hybridized carbons (Fsp3) is 0.0588. The van der Waals surface area contributed by atoms with Crippen molar-refractivity contribution in [3.63, 3.8) is 0 Å². The minimum Gasteiger partial charge on any atom is -0.308 e. The number of aromatic nitrogens is 2. The lowest BCUT2D eigenvalue weighted by molar-refractivity contribution is 0.262. The number of urea groups is 1. The zero-order chi connectivity index (χ0) is 17.1. The second kappa shape index (κ2) is 6.84. The van der Waals surface area contributed by atoms with Crippen LogP contribution in [-0.2, 0) is 7.05 Å². The molecule has 0 bridgehead atoms. The number of hydrogen-bond donors (Lipinski definition) is 2. The van der Waals surface area contributed by atoms with Crippen LogP contribution >= 0.6 is 15.9 Å². The van der Waals surface area contributed by atoms with Crippen LogP contribution in [0, 0.1) is 5.82 Å². The summed E-state index contributed by atoms with van der Waals surface area (Å²) in [6.45, 7) is 0. The van der Waals surface area contributed by atoms with E-state index in [1.165, 1.54) is 12.1 Å². The predicted molar refractivity (Wildman–Crippen MR) is 95.4 cm³/mol. The van der Waals surface area contributed by atoms with Crippen molar-refractivity contribution >= 4 is 33.3 Å². The van der Waals surface area contributed by atoms with Crippen molar-refractivity contribution in [3.05, 3.63) is 65.0 Å². The number of benzene rings is 2. The number of anilines is 2. The van der Waals surface area contributed by atoms with Crippen molar-refractivity contribution in [3.8, 4) is 11.3 Å². The van der Waals surface area contributed by atoms with Crippen molar-refractivity contribution in [2.45, 2.75) is 0 Å². The average molecular weight is 389 g/mol. The van der Waals surface area contributed by atoms with Crippen LogP contribution in [0.25, 0.3) is 11.3 Å². The third-order valence-corrected chi connectivity index (χ3v) is 3.99. The van der Waals surface area contributed by atoms with Gasteiger partial charge in [0.15, 0.2) is 0 Å². The van der Waals surface area contributed by atoms with Crippen LogP contribution in [0.5, 0.6) is 0 Å². The number of hydrogen-bond acceptors (Lipinski definition) is 2. The second-order valence-corrected chi connectivity index (χ2v) is 5.96. The lowest BCUT2D eigenvalue weighted by Gasteiger charge is -2.10. The number of carbonyl (C=O) groups excluding carboxylic acids is 1. The summed E-state index contributed by atoms with van der Waals surface area (Å²) >= 11 is 3.46. The summed E-state index contributed by atoms with van der Waals surface area (Å²) in [5.74, 6) is -0.486. The van der Waals surface area contributed by atoms with Crippen LogP contribution in [-0.4, -0.2) is 15.8 Å². The molecule has 1 heterocycles. The van der Waals surface area contributed by atoms with Gasteiger partial charge in [0.25, 0.3) is 0 Å². The van der Waals surface area contributed by atoms with Crippen molar-refractivity contribution < 1.29 is 9.18 Å². The third kappa shape index (κ3) is 3.46. The molecule has 0 atom stereocenters. The summed E-state index contributed by atoms with van der Waals surface area (Å²) in [5, 5.41) is 9.36. The molecule has 0 aliphatic rings. The van der Waals surface area contributed by atoms with Crippen molar-refractivity contribution in [1.82, 2.24) is 9.78 Å². The smallest absolute Gasteiger partial charge is 0.308 e. The van der Waals surface area contributed by atoms with Gasteiger partial charge in [-0.05, 0) is 40.2 Å². The second-order valence-electron chi connectivity index (χ2n) is 5.10. The Morgan fingerprint density at radius 3 is 2.67 bits per heavy atom. The van der Waals surface area contributed by atoms with Gasteiger partial charge in [0.2, 0.25) is 0 Å². The van der Waals surface area contributed by atoms with Crippen molar-refractivity contribution in [2.75, 3.05) is 10.6 Å². The molecular weight excluding hydrogens is 375 g/mol. The maximum Gasteiger partial charge on any atom is 0.323 e. The fourth-order valence-electron chi connectivity index (χ4n) is 2.33. The first-order valence-electron chi connectivity index (χ1n) is 7.15. The molecule has 2 amide bonds. The molecule has 122 valence electrons. The summed E-state index contributed by atoms with van der Waals surface area (Å²) in [7, 11) is 1.84. The van der Waals surface area contributed by atoms with E-state index in [4.69, 9.17) is 0 Å². The van der Waals surface area contributed by atoms with Crippen LogP contribution in [0.2, 0.25) is 0 Å². The fourth-order valence-corrected chi connectivity index (χ4v) is 2.90. The predicted octanol–water partition coefficient (Wildman–Crippen LogP) is 4.63. The van der Waals surface area contributed by atoms with Gasteiger partial charge in [0.1, 0.15) is 5.82 Å². The Kier molecular flexibility index (Phi) is 4.61. The maximum atomic E-state index is 13.6. The summed E-state index contributed by atoms with van der Waals surface area (Å²) in [4.78, 5) is 12.1. The molecule has 0 aliphatic carbocycles. The molecule has 0 unspecified atom stereocenters. The number of nitrogens with one attached hydrogen (secondary N) is 2. The van der Waals surface area contributed by atoms with E-state index in [-0.39, 0.29) is 5.69 Å². The molecule has 3 aromatic rings. The van der Waals surface area contributed by atoms with Gasteiger partial charge in [-0.3, -0.25) is 4.68 Å². The van der Waals surface area contributed by atoms with Crippen molar-refractivity contribution in [1.29, 1.82) is 0 Å². The first-order valence-corrected chi connectivity index (χ1v) is 7.94. The van der Waals surface area contributed by atoms with E-state index < -0.39 is 11.8 Å². The van der Waals surface area contributed by atoms with Gasteiger partial charge in [0, 0.05) is 18.3 Å². The molecule has 3 rings (SSSR count). The summed E-state index contributed by atoms with van der Waals surface area (Å²) < 4.78 is 16.2. The number of para-hydroxylation sites is 1. The zero-order valence-corrected chi connectivity index (χ0v) is 14.3. The van der Waals surface area contributed by atoms with Crippen LogP contribution in [0.3, 0.4) is 0 Å². The summed E-state index contributed by atoms with van der Waals surface area (Å²) in [6.07, 6.45) is 1.71. The van der Waals surface area contributed by atoms with E-state index >= 15 is 0 Å². The van der Waals surface area contributed by atoms with E-state index in [2.05, 4.69) is 31.7 Å². The molecule has 0 fully saturated rings. The highest BCUT2D eigenvalue weighted by molar-refractivity contribution is 9.10. The minimum absolute atomic E-state index is 0.125. The van der Waals surface area contributed by atoms with Crippen LogP contribution < -0.4 is 10.6 Å². The first kappa shape index (κ1) is 16.2. The van der Waals surface area contributed by atoms with Gasteiger partial charge in [-0.1, -0.05) is 24.3 Å². The molecule has 0 spiro atoms. The average Bonchev–Trinajstić information content (AvgIpc) is 2.89. The first-order chi connectivity index (χ1) is 11.5. The summed E-state index contributed by atoms with van der Waals surface area (Å²) in [5.41, 5.74) is 2.51. The lowest BCUT2D eigenvalue weighted by Crippen LogP contribution is -2.20. The van der Waals surface area contributed by atoms with Crippen molar-refractivity contribution in [2.24, 2.45) is 7.05 Å². The van der Waals surface area contributed by atoms with Gasteiger partial charge in [0.05, 0.1) is 22.1 Å². The molecule has 5 nitrogen and oxygen atoms in total. The maximum absolute atomic E-state index is 13.6. The van der Waals surface area contributed by atoms with E-state index in [9.17, 15) is 9.18 Å². The Balaban J connectivity index is 1.78. The normalized spacial score (nSPS) is 10.5. The Hall–Kier alpha value is -2.67. The zero-order valence-electron chi connectivity index (χ0n) is 12.8. The topological polar surface area (TPSA) is 59.0 Å². The largest absolute Gasteiger partial charge is 0.323 e. The van der Waals surface area contributed by atoms with Crippen LogP contribution in [0.1, 0.15) is 0 Å². The third-order valence-electron chi connectivity index (χ3n) is 3.41. The SMILES string of the molecule is Cn1ncc(Br)c1-c1cccc(NC(=O)Nc2ccccc2F)c1. The van der Waals surface area contributed by atoms with E-state index in [1.54, 1.807) is 29.1 Å². The highest BCUT2D eigenvalue weighted by atomic mass is 79.9. The van der Waals surface area contributed by atoms with E-state index in [0.717, 1.165) is 15.7 Å². The Morgan fingerprint density at radius 1 is 1.17 bits per heavy atom. The van der Waals surface area contributed by atoms with Gasteiger partial charge < -0.3 is 10.6 Å². The molecule has 2 N–H and O–H groups in total. The van der Waals surface area contributed by atoms with Gasteiger partial charge in [-0.2, -0.15) is 5.10 Å². The van der Waals surface area contributed by atoms with Gasteiger partial charge in [-0.15, -0.1) is 0 Å². The number of nitrogens with zero attached hydrogens (tertiary/aromatic N) is 2. The Bertz CT molecular complexity index is 874. The molecule has 0 radical (unpaired) electrons. The van der Waals surface area contributed by atoms with E-state index in [0.29, 0.717) is 5.69 Å². The highest BCUT2D eigenvalue weighted by Gasteiger charge is 2.11. The summed E-state index contributed by atoms with van der Waals surface area (Å²) in [6, 6.07) is 12.8. The molecule has 0 aliphatic heterocycles. The molecule has 0 saturated heterocycles. The molecule has 7 heteroatoms. The molecule has 0 saturated carbocycles. The molecular formula is C17H14BrFN4O. The van der Waals surface area contributed by atoms with Crippen LogP contribution in [0.15, 0.2) is 59.2 Å². The molecule has 24 heavy (non-hydrogen) atoms. The number of rotatable bonds is 3. The molecule has 1 aromatic heterocycles. The Morgan fingerprint density at radius 2 is 1.96 bits per heavy atom. The van der Waals surface area contributed by atoms with Crippen LogP contribution in [0.4, 0.5) is 20.6 Å². The van der Waals surface area contributed by atoms with E-state index in [1.807, 2.05) is 25.2 Å². The highest BCUT2D eigenvalue weighted by Crippen LogP contribution is 2.29. The number of halogens is 2.